The second-order valence-corrected chi connectivity index (χ2v) is 8.16. The van der Waals surface area contributed by atoms with Gasteiger partial charge in [0.15, 0.2) is 0 Å². The Labute approximate surface area is 188 Å². The van der Waals surface area contributed by atoms with Crippen molar-refractivity contribution >= 4 is 15.9 Å². The average Bonchev–Trinajstić information content (AvgIpc) is 2.76. The van der Waals surface area contributed by atoms with Crippen LogP contribution in [0.4, 0.5) is 0 Å². The third kappa shape index (κ3) is 3.71. The maximum atomic E-state index is 13.7. The number of nitrogens with zero attached hydrogens (tertiary/aromatic N) is 2. The lowest BCUT2D eigenvalue weighted by molar-refractivity contribution is 0.388. The van der Waals surface area contributed by atoms with E-state index in [1.165, 1.54) is 0 Å². The average molecular weight is 478 g/mol. The molecule has 0 unspecified atom stereocenters. The van der Waals surface area contributed by atoms with E-state index in [0.29, 0.717) is 23.6 Å². The fourth-order valence-corrected chi connectivity index (χ4v) is 4.32. The molecule has 0 aliphatic carbocycles. The number of para-hydroxylation sites is 1. The van der Waals surface area contributed by atoms with Crippen LogP contribution >= 0.6 is 15.9 Å². The minimum absolute atomic E-state index is 0.0151. The number of rotatable bonds is 4. The number of allylic oxidation sites excluding steroid dienone is 1. The van der Waals surface area contributed by atoms with Gasteiger partial charge in [-0.05, 0) is 30.7 Å². The van der Waals surface area contributed by atoms with Crippen molar-refractivity contribution in [2.24, 2.45) is 5.73 Å². The first kappa shape index (κ1) is 20.8. The molecule has 0 bridgehead atoms. The molecule has 7 heteroatoms. The third-order valence-electron chi connectivity index (χ3n) is 5.39. The van der Waals surface area contributed by atoms with Crippen LogP contribution in [-0.2, 0) is 6.54 Å². The lowest BCUT2D eigenvalue weighted by Gasteiger charge is -2.27. The number of methoxy groups -OCH3 is 1. The van der Waals surface area contributed by atoms with Gasteiger partial charge in [-0.2, -0.15) is 5.26 Å². The van der Waals surface area contributed by atoms with Crippen molar-refractivity contribution in [2.45, 2.75) is 19.4 Å². The zero-order valence-corrected chi connectivity index (χ0v) is 18.6. The van der Waals surface area contributed by atoms with Gasteiger partial charge >= 0.3 is 0 Å². The Morgan fingerprint density at radius 2 is 2.00 bits per heavy atom. The normalized spacial score (nSPS) is 15.1. The molecule has 0 radical (unpaired) electrons. The van der Waals surface area contributed by atoms with Crippen LogP contribution in [0.2, 0.25) is 0 Å². The van der Waals surface area contributed by atoms with Crippen molar-refractivity contribution in [1.82, 2.24) is 4.57 Å². The highest BCUT2D eigenvalue weighted by Gasteiger charge is 2.34. The number of hydrogen-bond donors (Lipinski definition) is 1. The van der Waals surface area contributed by atoms with E-state index in [4.69, 9.17) is 15.2 Å². The van der Waals surface area contributed by atoms with E-state index in [2.05, 4.69) is 22.0 Å². The number of ether oxygens (including phenoxy) is 2. The molecule has 2 N–H and O–H groups in total. The van der Waals surface area contributed by atoms with Crippen molar-refractivity contribution in [3.8, 4) is 17.6 Å². The largest absolute Gasteiger partial charge is 0.496 e. The Hall–Kier alpha value is -3.50. The van der Waals surface area contributed by atoms with Gasteiger partial charge in [-0.3, -0.25) is 4.79 Å². The molecule has 4 rings (SSSR count). The fraction of sp³-hybridized carbons (Fsp3) is 0.167. The van der Waals surface area contributed by atoms with Crippen molar-refractivity contribution in [3.63, 3.8) is 0 Å². The topological polar surface area (TPSA) is 90.3 Å². The van der Waals surface area contributed by atoms with Gasteiger partial charge in [0.05, 0.1) is 25.1 Å². The van der Waals surface area contributed by atoms with Gasteiger partial charge in [0.1, 0.15) is 23.1 Å². The van der Waals surface area contributed by atoms with Gasteiger partial charge in [-0.15, -0.1) is 0 Å². The molecule has 0 fully saturated rings. The highest BCUT2D eigenvalue weighted by Crippen LogP contribution is 2.41. The summed E-state index contributed by atoms with van der Waals surface area (Å²) >= 11 is 3.47. The second kappa shape index (κ2) is 8.32. The maximum Gasteiger partial charge on any atom is 0.259 e. The molecular formula is C24H20BrN3O3. The van der Waals surface area contributed by atoms with Crippen LogP contribution in [-0.4, -0.2) is 11.7 Å². The highest BCUT2D eigenvalue weighted by molar-refractivity contribution is 9.10. The first-order chi connectivity index (χ1) is 14.9. The van der Waals surface area contributed by atoms with E-state index in [-0.39, 0.29) is 17.0 Å². The summed E-state index contributed by atoms with van der Waals surface area (Å²) < 4.78 is 13.7. The minimum atomic E-state index is -0.622. The van der Waals surface area contributed by atoms with Crippen molar-refractivity contribution in [3.05, 3.63) is 103 Å². The summed E-state index contributed by atoms with van der Waals surface area (Å²) in [6.07, 6.45) is 0. The smallest absolute Gasteiger partial charge is 0.259 e. The predicted molar refractivity (Wildman–Crippen MR) is 121 cm³/mol. The number of hydrogen-bond acceptors (Lipinski definition) is 5. The molecule has 1 aromatic heterocycles. The summed E-state index contributed by atoms with van der Waals surface area (Å²) in [4.78, 5) is 13.7. The fourth-order valence-electron chi connectivity index (χ4n) is 3.91. The second-order valence-electron chi connectivity index (χ2n) is 7.25. The number of benzene rings is 2. The lowest BCUT2D eigenvalue weighted by Crippen LogP contribution is -2.33. The molecule has 6 nitrogen and oxygen atoms in total. The maximum absolute atomic E-state index is 13.7. The van der Waals surface area contributed by atoms with Crippen LogP contribution in [0.5, 0.6) is 11.5 Å². The van der Waals surface area contributed by atoms with Gasteiger partial charge in [0, 0.05) is 21.8 Å². The molecule has 156 valence electrons. The summed E-state index contributed by atoms with van der Waals surface area (Å²) in [5.74, 6) is 0.470. The van der Waals surface area contributed by atoms with Crippen LogP contribution in [0.15, 0.2) is 75.3 Å². The number of nitriles is 1. The minimum Gasteiger partial charge on any atom is -0.496 e. The third-order valence-corrected chi connectivity index (χ3v) is 5.89. The zero-order chi connectivity index (χ0) is 22.1. The SMILES string of the molecule is COc1ccccc1Cn1c(C)cc2c(c1=O)[C@H](c1cccc(Br)c1)C(C#N)=C(N)O2. The van der Waals surface area contributed by atoms with Crippen LogP contribution in [0.25, 0.3) is 0 Å². The van der Waals surface area contributed by atoms with Crippen LogP contribution in [0.3, 0.4) is 0 Å². The lowest BCUT2D eigenvalue weighted by atomic mass is 9.84. The van der Waals surface area contributed by atoms with Crippen molar-refractivity contribution < 1.29 is 9.47 Å². The van der Waals surface area contributed by atoms with Crippen LogP contribution in [0.1, 0.15) is 28.3 Å². The van der Waals surface area contributed by atoms with Gasteiger partial charge in [-0.1, -0.05) is 46.3 Å². The summed E-state index contributed by atoms with van der Waals surface area (Å²) in [5.41, 5.74) is 8.82. The number of fused-ring (bicyclic) bond motifs is 1. The van der Waals surface area contributed by atoms with Crippen molar-refractivity contribution in [1.29, 1.82) is 5.26 Å². The van der Waals surface area contributed by atoms with Gasteiger partial charge < -0.3 is 19.8 Å². The number of aromatic nitrogens is 1. The monoisotopic (exact) mass is 477 g/mol. The first-order valence-corrected chi connectivity index (χ1v) is 10.4. The molecule has 1 aliphatic heterocycles. The van der Waals surface area contributed by atoms with Crippen molar-refractivity contribution in [2.75, 3.05) is 7.11 Å². The van der Waals surface area contributed by atoms with E-state index in [0.717, 1.165) is 21.3 Å². The molecule has 2 heterocycles. The summed E-state index contributed by atoms with van der Waals surface area (Å²) in [5, 5.41) is 9.80. The summed E-state index contributed by atoms with van der Waals surface area (Å²) in [7, 11) is 1.60. The number of aryl methyl sites for hydroxylation is 1. The molecule has 31 heavy (non-hydrogen) atoms. The molecule has 2 aromatic carbocycles. The standard InChI is InChI=1S/C24H20BrN3O3/c1-14-10-20-22(24(29)28(14)13-16-6-3-4-9-19(16)30-2)21(18(12-26)23(27)31-20)15-7-5-8-17(25)11-15/h3-11,21H,13,27H2,1-2H3/t21-/m1/s1. The van der Waals surface area contributed by atoms with E-state index in [1.54, 1.807) is 17.7 Å². The van der Waals surface area contributed by atoms with E-state index in [9.17, 15) is 10.1 Å². The Morgan fingerprint density at radius 1 is 1.23 bits per heavy atom. The summed E-state index contributed by atoms with van der Waals surface area (Å²) in [6, 6.07) is 19.0. The van der Waals surface area contributed by atoms with Crippen LogP contribution < -0.4 is 20.8 Å². The highest BCUT2D eigenvalue weighted by atomic mass is 79.9. The zero-order valence-electron chi connectivity index (χ0n) is 17.1. The molecular weight excluding hydrogens is 458 g/mol. The van der Waals surface area contributed by atoms with E-state index < -0.39 is 5.92 Å². The van der Waals surface area contributed by atoms with Gasteiger partial charge in [-0.25, -0.2) is 0 Å². The van der Waals surface area contributed by atoms with Gasteiger partial charge in [0.2, 0.25) is 5.88 Å². The van der Waals surface area contributed by atoms with E-state index >= 15 is 0 Å². The number of pyridine rings is 1. The Balaban J connectivity index is 1.93. The molecule has 0 saturated heterocycles. The number of halogens is 1. The first-order valence-electron chi connectivity index (χ1n) is 9.64. The molecule has 0 amide bonds. The molecule has 0 saturated carbocycles. The Kier molecular flexibility index (Phi) is 5.57. The molecule has 1 aliphatic rings. The Morgan fingerprint density at radius 3 is 2.71 bits per heavy atom. The van der Waals surface area contributed by atoms with E-state index in [1.807, 2.05) is 55.5 Å². The summed E-state index contributed by atoms with van der Waals surface area (Å²) in [6.45, 7) is 2.17. The quantitative estimate of drug-likeness (QED) is 0.607. The molecule has 1 atom stereocenters. The van der Waals surface area contributed by atoms with Gasteiger partial charge in [0.25, 0.3) is 5.56 Å². The predicted octanol–water partition coefficient (Wildman–Crippen LogP) is 4.19. The van der Waals surface area contributed by atoms with Crippen LogP contribution in [0, 0.1) is 18.3 Å². The molecule has 0 spiro atoms. The molecule has 3 aromatic rings. The Bertz CT molecular complexity index is 1300. The number of nitrogens with two attached hydrogens (primary N) is 1.